The fourth-order valence-electron chi connectivity index (χ4n) is 1.62. The Morgan fingerprint density at radius 1 is 1.40 bits per heavy atom. The lowest BCUT2D eigenvalue weighted by atomic mass is 10.1. The van der Waals surface area contributed by atoms with Crippen LogP contribution in [-0.4, -0.2) is 4.98 Å². The molecule has 2 heteroatoms. The molecule has 0 saturated carbocycles. The highest BCUT2D eigenvalue weighted by Crippen LogP contribution is 2.19. The van der Waals surface area contributed by atoms with Crippen LogP contribution in [0.2, 0.25) is 0 Å². The fraction of sp³-hybridized carbons (Fsp3) is 0.154. The van der Waals surface area contributed by atoms with E-state index in [0.717, 1.165) is 22.2 Å². The Balaban J connectivity index is 2.68. The number of nitrogens with zero attached hydrogens (tertiary/aromatic N) is 1. The van der Waals surface area contributed by atoms with Crippen molar-refractivity contribution in [3.63, 3.8) is 0 Å². The first kappa shape index (κ1) is 9.70. The molecule has 2 nitrogen and oxygen atoms in total. The Bertz CT molecular complexity index is 538. The average molecular weight is 196 g/mol. The average Bonchev–Trinajstić information content (AvgIpc) is 2.28. The number of pyridine rings is 1. The predicted octanol–water partition coefficient (Wildman–Crippen LogP) is 2.18. The minimum atomic E-state index is -0.423. The molecule has 2 rings (SSSR count). The molecule has 74 valence electrons. The monoisotopic (exact) mass is 196 g/mol. The van der Waals surface area contributed by atoms with Gasteiger partial charge in [0.2, 0.25) is 0 Å². The van der Waals surface area contributed by atoms with Crippen LogP contribution in [0.15, 0.2) is 30.3 Å². The van der Waals surface area contributed by atoms with Crippen molar-refractivity contribution in [1.82, 2.24) is 4.98 Å². The molecular weight excluding hydrogens is 184 g/mol. The number of aryl methyl sites for hydroxylation is 1. The van der Waals surface area contributed by atoms with Gasteiger partial charge in [-0.25, -0.2) is 0 Å². The van der Waals surface area contributed by atoms with Crippen LogP contribution in [0.25, 0.3) is 10.9 Å². The SMILES string of the molecule is C#CC(N)c1cc(C)c2ccccc2n1. The Kier molecular flexibility index (Phi) is 2.40. The van der Waals surface area contributed by atoms with Gasteiger partial charge in [0.05, 0.1) is 11.2 Å². The molecule has 1 aromatic heterocycles. The van der Waals surface area contributed by atoms with Gasteiger partial charge in [0.1, 0.15) is 6.04 Å². The Labute approximate surface area is 89.1 Å². The van der Waals surface area contributed by atoms with Crippen molar-refractivity contribution in [3.8, 4) is 12.3 Å². The molecule has 0 aliphatic heterocycles. The number of hydrogen-bond acceptors (Lipinski definition) is 2. The summed E-state index contributed by atoms with van der Waals surface area (Å²) in [7, 11) is 0. The molecule has 2 N–H and O–H groups in total. The summed E-state index contributed by atoms with van der Waals surface area (Å²) in [6.45, 7) is 2.04. The number of terminal acetylenes is 1. The molecule has 1 atom stereocenters. The molecule has 0 bridgehead atoms. The Morgan fingerprint density at radius 3 is 2.87 bits per heavy atom. The molecule has 1 unspecified atom stereocenters. The number of rotatable bonds is 1. The number of fused-ring (bicyclic) bond motifs is 1. The smallest absolute Gasteiger partial charge is 0.109 e. The largest absolute Gasteiger partial charge is 0.313 e. The molecule has 0 aliphatic carbocycles. The van der Waals surface area contributed by atoms with E-state index < -0.39 is 6.04 Å². The maximum Gasteiger partial charge on any atom is 0.109 e. The van der Waals surface area contributed by atoms with E-state index in [1.807, 2.05) is 37.3 Å². The van der Waals surface area contributed by atoms with E-state index in [0.29, 0.717) is 0 Å². The maximum atomic E-state index is 5.76. The highest BCUT2D eigenvalue weighted by molar-refractivity contribution is 5.82. The number of nitrogens with two attached hydrogens (primary N) is 1. The quantitative estimate of drug-likeness (QED) is 0.710. The Hall–Kier alpha value is -1.85. The third kappa shape index (κ3) is 1.70. The van der Waals surface area contributed by atoms with Crippen LogP contribution in [0.5, 0.6) is 0 Å². The third-order valence-electron chi connectivity index (χ3n) is 2.44. The van der Waals surface area contributed by atoms with Gasteiger partial charge in [-0.1, -0.05) is 24.1 Å². The third-order valence-corrected chi connectivity index (χ3v) is 2.44. The maximum absolute atomic E-state index is 5.76. The van der Waals surface area contributed by atoms with E-state index in [2.05, 4.69) is 10.9 Å². The van der Waals surface area contributed by atoms with E-state index in [1.165, 1.54) is 0 Å². The van der Waals surface area contributed by atoms with Gasteiger partial charge in [-0.05, 0) is 24.6 Å². The van der Waals surface area contributed by atoms with Crippen LogP contribution in [0.3, 0.4) is 0 Å². The molecule has 0 radical (unpaired) electrons. The molecule has 0 aliphatic rings. The second-order valence-electron chi connectivity index (χ2n) is 3.53. The predicted molar refractivity (Wildman–Crippen MR) is 62.2 cm³/mol. The van der Waals surface area contributed by atoms with Crippen molar-refractivity contribution in [1.29, 1.82) is 0 Å². The van der Waals surface area contributed by atoms with Crippen LogP contribution in [-0.2, 0) is 0 Å². The van der Waals surface area contributed by atoms with Crippen molar-refractivity contribution in [2.75, 3.05) is 0 Å². The summed E-state index contributed by atoms with van der Waals surface area (Å²) in [5.41, 5.74) is 8.61. The van der Waals surface area contributed by atoms with Gasteiger partial charge in [0.15, 0.2) is 0 Å². The van der Waals surface area contributed by atoms with Crippen molar-refractivity contribution < 1.29 is 0 Å². The normalized spacial score (nSPS) is 12.3. The lowest BCUT2D eigenvalue weighted by molar-refractivity contribution is 0.898. The number of para-hydroxylation sites is 1. The van der Waals surface area contributed by atoms with E-state index in [-0.39, 0.29) is 0 Å². The zero-order chi connectivity index (χ0) is 10.8. The summed E-state index contributed by atoms with van der Waals surface area (Å²) < 4.78 is 0. The molecule has 2 aromatic rings. The molecule has 0 spiro atoms. The van der Waals surface area contributed by atoms with Crippen molar-refractivity contribution >= 4 is 10.9 Å². The van der Waals surface area contributed by atoms with Crippen molar-refractivity contribution in [2.24, 2.45) is 5.73 Å². The lowest BCUT2D eigenvalue weighted by Gasteiger charge is -2.08. The summed E-state index contributed by atoms with van der Waals surface area (Å²) >= 11 is 0. The first-order chi connectivity index (χ1) is 7.22. The van der Waals surface area contributed by atoms with Crippen LogP contribution in [0.4, 0.5) is 0 Å². The molecule has 15 heavy (non-hydrogen) atoms. The van der Waals surface area contributed by atoms with Crippen molar-refractivity contribution in [2.45, 2.75) is 13.0 Å². The van der Waals surface area contributed by atoms with Gasteiger partial charge >= 0.3 is 0 Å². The van der Waals surface area contributed by atoms with Gasteiger partial charge in [-0.3, -0.25) is 4.98 Å². The fourth-order valence-corrected chi connectivity index (χ4v) is 1.62. The summed E-state index contributed by atoms with van der Waals surface area (Å²) in [6.07, 6.45) is 5.28. The van der Waals surface area contributed by atoms with E-state index >= 15 is 0 Å². The minimum absolute atomic E-state index is 0.423. The second-order valence-corrected chi connectivity index (χ2v) is 3.53. The summed E-state index contributed by atoms with van der Waals surface area (Å²) in [4.78, 5) is 4.44. The molecule has 0 saturated heterocycles. The molecule has 1 heterocycles. The van der Waals surface area contributed by atoms with E-state index in [1.54, 1.807) is 0 Å². The molecular formula is C13H12N2. The van der Waals surface area contributed by atoms with Gasteiger partial charge in [0, 0.05) is 5.39 Å². The molecule has 0 amide bonds. The Morgan fingerprint density at radius 2 is 2.13 bits per heavy atom. The highest BCUT2D eigenvalue weighted by Gasteiger charge is 2.06. The van der Waals surface area contributed by atoms with Crippen LogP contribution in [0.1, 0.15) is 17.3 Å². The topological polar surface area (TPSA) is 38.9 Å². The highest BCUT2D eigenvalue weighted by atomic mass is 14.8. The first-order valence-corrected chi connectivity index (χ1v) is 4.80. The standard InChI is InChI=1S/C13H12N2/c1-3-11(14)13-8-9(2)10-6-4-5-7-12(10)15-13/h1,4-8,11H,14H2,2H3. The van der Waals surface area contributed by atoms with Gasteiger partial charge in [-0.2, -0.15) is 0 Å². The van der Waals surface area contributed by atoms with E-state index in [4.69, 9.17) is 12.2 Å². The zero-order valence-corrected chi connectivity index (χ0v) is 8.57. The van der Waals surface area contributed by atoms with Crippen LogP contribution >= 0.6 is 0 Å². The summed E-state index contributed by atoms with van der Waals surface area (Å²) in [5, 5.41) is 1.14. The lowest BCUT2D eigenvalue weighted by Crippen LogP contribution is -2.09. The van der Waals surface area contributed by atoms with Crippen LogP contribution in [0, 0.1) is 19.3 Å². The number of benzene rings is 1. The van der Waals surface area contributed by atoms with Gasteiger partial charge in [0.25, 0.3) is 0 Å². The zero-order valence-electron chi connectivity index (χ0n) is 8.57. The molecule has 0 fully saturated rings. The first-order valence-electron chi connectivity index (χ1n) is 4.80. The number of aromatic nitrogens is 1. The molecule has 1 aromatic carbocycles. The van der Waals surface area contributed by atoms with E-state index in [9.17, 15) is 0 Å². The second kappa shape index (κ2) is 3.72. The summed E-state index contributed by atoms with van der Waals surface area (Å²) in [6, 6.07) is 9.50. The van der Waals surface area contributed by atoms with Crippen LogP contribution < -0.4 is 5.73 Å². The number of hydrogen-bond donors (Lipinski definition) is 1. The summed E-state index contributed by atoms with van der Waals surface area (Å²) in [5.74, 6) is 2.49. The minimum Gasteiger partial charge on any atom is -0.313 e. The van der Waals surface area contributed by atoms with Crippen molar-refractivity contribution in [3.05, 3.63) is 41.6 Å². The van der Waals surface area contributed by atoms with Gasteiger partial charge in [-0.15, -0.1) is 6.42 Å². The van der Waals surface area contributed by atoms with Gasteiger partial charge < -0.3 is 5.73 Å².